The molecule has 0 aromatic heterocycles. The van der Waals surface area contributed by atoms with E-state index in [2.05, 4.69) is 0 Å². The first-order valence-corrected chi connectivity index (χ1v) is 7.75. The second-order valence-corrected chi connectivity index (χ2v) is 5.89. The average Bonchev–Trinajstić information content (AvgIpc) is 3.07. The molecule has 1 aliphatic rings. The third-order valence-corrected chi connectivity index (χ3v) is 4.24. The zero-order chi connectivity index (χ0) is 17.3. The van der Waals surface area contributed by atoms with Gasteiger partial charge in [-0.1, -0.05) is 29.8 Å². The fourth-order valence-electron chi connectivity index (χ4n) is 2.54. The highest BCUT2D eigenvalue weighted by Gasteiger charge is 2.25. The zero-order valence-electron chi connectivity index (χ0n) is 13.9. The number of fused-ring (bicyclic) bond motifs is 1. The fraction of sp³-hybridized carbons (Fsp3) is 0.263. The van der Waals surface area contributed by atoms with Gasteiger partial charge in [-0.2, -0.15) is 0 Å². The van der Waals surface area contributed by atoms with Crippen LogP contribution in [0.15, 0.2) is 42.5 Å². The lowest BCUT2D eigenvalue weighted by Crippen LogP contribution is -2.40. The van der Waals surface area contributed by atoms with E-state index in [0.29, 0.717) is 22.6 Å². The highest BCUT2D eigenvalue weighted by atomic mass is 16.7. The van der Waals surface area contributed by atoms with Gasteiger partial charge in [0.1, 0.15) is 0 Å². The van der Waals surface area contributed by atoms with E-state index >= 15 is 0 Å². The minimum Gasteiger partial charge on any atom is -0.454 e. The van der Waals surface area contributed by atoms with Gasteiger partial charge in [0.25, 0.3) is 5.91 Å². The molecule has 0 radical (unpaired) electrons. The summed E-state index contributed by atoms with van der Waals surface area (Å²) in [5.41, 5.74) is 2.15. The molecular weight excluding hydrogens is 306 g/mol. The van der Waals surface area contributed by atoms with Crippen molar-refractivity contribution in [3.8, 4) is 11.5 Å². The van der Waals surface area contributed by atoms with Gasteiger partial charge in [-0.05, 0) is 32.0 Å². The number of ketones is 1. The van der Waals surface area contributed by atoms with Crippen molar-refractivity contribution in [2.24, 2.45) is 0 Å². The molecule has 1 heterocycles. The maximum Gasteiger partial charge on any atom is 0.254 e. The Hall–Kier alpha value is -2.82. The quantitative estimate of drug-likeness (QED) is 0.811. The van der Waals surface area contributed by atoms with Gasteiger partial charge in [-0.25, -0.2) is 0 Å². The molecular formula is C19H19NO4. The first kappa shape index (κ1) is 16.1. The largest absolute Gasteiger partial charge is 0.454 e. The van der Waals surface area contributed by atoms with Gasteiger partial charge >= 0.3 is 0 Å². The van der Waals surface area contributed by atoms with Gasteiger partial charge in [-0.15, -0.1) is 0 Å². The Balaban J connectivity index is 1.77. The van der Waals surface area contributed by atoms with Crippen molar-refractivity contribution < 1.29 is 19.1 Å². The standard InChI is InChI=1S/C19H19NO4/c1-12-4-6-14(7-5-12)18(21)13(2)20(3)19(22)15-8-9-16-17(10-15)24-11-23-16/h4-10,13H,11H2,1-3H3. The maximum atomic E-state index is 12.7. The molecule has 124 valence electrons. The van der Waals surface area contributed by atoms with Crippen molar-refractivity contribution in [3.63, 3.8) is 0 Å². The van der Waals surface area contributed by atoms with Crippen LogP contribution in [0.5, 0.6) is 11.5 Å². The lowest BCUT2D eigenvalue weighted by molar-refractivity contribution is 0.0674. The molecule has 24 heavy (non-hydrogen) atoms. The Morgan fingerprint density at radius 1 is 1.00 bits per heavy atom. The summed E-state index contributed by atoms with van der Waals surface area (Å²) in [6.07, 6.45) is 0. The van der Waals surface area contributed by atoms with Crippen LogP contribution in [0.1, 0.15) is 33.2 Å². The number of carbonyl (C=O) groups excluding carboxylic acids is 2. The maximum absolute atomic E-state index is 12.7. The zero-order valence-corrected chi connectivity index (χ0v) is 13.9. The van der Waals surface area contributed by atoms with Crippen LogP contribution in [0.25, 0.3) is 0 Å². The first-order valence-electron chi connectivity index (χ1n) is 7.75. The lowest BCUT2D eigenvalue weighted by Gasteiger charge is -2.24. The molecule has 1 amide bonds. The minimum atomic E-state index is -0.564. The second-order valence-electron chi connectivity index (χ2n) is 5.89. The summed E-state index contributed by atoms with van der Waals surface area (Å²) < 4.78 is 10.5. The van der Waals surface area contributed by atoms with E-state index in [4.69, 9.17) is 9.47 Å². The summed E-state index contributed by atoms with van der Waals surface area (Å²) in [6.45, 7) is 3.85. The van der Waals surface area contributed by atoms with Gasteiger partial charge in [0.15, 0.2) is 17.3 Å². The Morgan fingerprint density at radius 2 is 1.62 bits per heavy atom. The van der Waals surface area contributed by atoms with Gasteiger partial charge in [0, 0.05) is 18.2 Å². The molecule has 0 aliphatic carbocycles. The number of hydrogen-bond acceptors (Lipinski definition) is 4. The summed E-state index contributed by atoms with van der Waals surface area (Å²) in [5, 5.41) is 0. The van der Waals surface area contributed by atoms with Crippen molar-refractivity contribution in [1.29, 1.82) is 0 Å². The van der Waals surface area contributed by atoms with Gasteiger partial charge in [0.05, 0.1) is 6.04 Å². The van der Waals surface area contributed by atoms with Crippen LogP contribution >= 0.6 is 0 Å². The van der Waals surface area contributed by atoms with Crippen LogP contribution in [-0.4, -0.2) is 36.5 Å². The van der Waals surface area contributed by atoms with Crippen molar-refractivity contribution in [2.45, 2.75) is 19.9 Å². The number of hydrogen-bond donors (Lipinski definition) is 0. The number of benzene rings is 2. The molecule has 5 heteroatoms. The number of carbonyl (C=O) groups is 2. The molecule has 3 rings (SSSR count). The summed E-state index contributed by atoms with van der Waals surface area (Å²) in [7, 11) is 1.63. The van der Waals surface area contributed by atoms with Gasteiger partial charge in [0.2, 0.25) is 6.79 Å². The molecule has 0 spiro atoms. The number of likely N-dealkylation sites (N-methyl/N-ethyl adjacent to an activating group) is 1. The predicted molar refractivity (Wildman–Crippen MR) is 89.6 cm³/mol. The number of nitrogens with zero attached hydrogens (tertiary/aromatic N) is 1. The highest BCUT2D eigenvalue weighted by molar-refractivity contribution is 6.04. The normalized spacial score (nSPS) is 13.5. The van der Waals surface area contributed by atoms with E-state index in [1.807, 2.05) is 19.1 Å². The molecule has 1 atom stereocenters. The average molecular weight is 325 g/mol. The van der Waals surface area contributed by atoms with Crippen LogP contribution in [0, 0.1) is 6.92 Å². The van der Waals surface area contributed by atoms with Crippen molar-refractivity contribution in [3.05, 3.63) is 59.2 Å². The van der Waals surface area contributed by atoms with E-state index in [-0.39, 0.29) is 18.5 Å². The fourth-order valence-corrected chi connectivity index (χ4v) is 2.54. The van der Waals surface area contributed by atoms with Crippen LogP contribution in [0.2, 0.25) is 0 Å². The van der Waals surface area contributed by atoms with E-state index in [1.54, 1.807) is 44.3 Å². The second kappa shape index (κ2) is 6.35. The van der Waals surface area contributed by atoms with Gasteiger partial charge < -0.3 is 14.4 Å². The Labute approximate surface area is 140 Å². The molecule has 0 bridgehead atoms. The van der Waals surface area contributed by atoms with E-state index in [1.165, 1.54) is 4.90 Å². The molecule has 0 N–H and O–H groups in total. The van der Waals surface area contributed by atoms with Crippen molar-refractivity contribution in [2.75, 3.05) is 13.8 Å². The SMILES string of the molecule is Cc1ccc(C(=O)C(C)N(C)C(=O)c2ccc3c(c2)OCO3)cc1. The molecule has 1 aliphatic heterocycles. The number of ether oxygens (including phenoxy) is 2. The van der Waals surface area contributed by atoms with Gasteiger partial charge in [-0.3, -0.25) is 9.59 Å². The summed E-state index contributed by atoms with van der Waals surface area (Å²) in [6, 6.07) is 11.8. The minimum absolute atomic E-state index is 0.0911. The molecule has 2 aromatic carbocycles. The molecule has 0 saturated carbocycles. The third-order valence-electron chi connectivity index (χ3n) is 4.24. The smallest absolute Gasteiger partial charge is 0.254 e. The summed E-state index contributed by atoms with van der Waals surface area (Å²) in [4.78, 5) is 26.7. The van der Waals surface area contributed by atoms with Crippen LogP contribution in [-0.2, 0) is 0 Å². The van der Waals surface area contributed by atoms with Crippen LogP contribution in [0.4, 0.5) is 0 Å². The van der Waals surface area contributed by atoms with Crippen LogP contribution in [0.3, 0.4) is 0 Å². The molecule has 1 unspecified atom stereocenters. The lowest BCUT2D eigenvalue weighted by atomic mass is 10.0. The monoisotopic (exact) mass is 325 g/mol. The predicted octanol–water partition coefficient (Wildman–Crippen LogP) is 3.07. The number of Topliss-reactive ketones (excluding diaryl/α,β-unsaturated/α-hetero) is 1. The molecule has 0 saturated heterocycles. The Morgan fingerprint density at radius 3 is 2.33 bits per heavy atom. The third kappa shape index (κ3) is 2.97. The number of aryl methyl sites for hydroxylation is 1. The summed E-state index contributed by atoms with van der Waals surface area (Å²) >= 11 is 0. The van der Waals surface area contributed by atoms with Crippen molar-refractivity contribution >= 4 is 11.7 Å². The summed E-state index contributed by atoms with van der Waals surface area (Å²) in [5.74, 6) is 0.845. The Bertz CT molecular complexity index is 782. The van der Waals surface area contributed by atoms with E-state index in [9.17, 15) is 9.59 Å². The van der Waals surface area contributed by atoms with Crippen molar-refractivity contribution in [1.82, 2.24) is 4.90 Å². The highest BCUT2D eigenvalue weighted by Crippen LogP contribution is 2.32. The topological polar surface area (TPSA) is 55.8 Å². The van der Waals surface area contributed by atoms with E-state index < -0.39 is 6.04 Å². The first-order chi connectivity index (χ1) is 11.5. The Kier molecular flexibility index (Phi) is 4.25. The number of rotatable bonds is 4. The molecule has 2 aromatic rings. The van der Waals surface area contributed by atoms with E-state index in [0.717, 1.165) is 5.56 Å². The number of amides is 1. The van der Waals surface area contributed by atoms with Crippen LogP contribution < -0.4 is 9.47 Å². The molecule has 0 fully saturated rings. The molecule has 5 nitrogen and oxygen atoms in total.